The van der Waals surface area contributed by atoms with E-state index in [4.69, 9.17) is 4.98 Å². The lowest BCUT2D eigenvalue weighted by Crippen LogP contribution is -2.43. The van der Waals surface area contributed by atoms with Gasteiger partial charge in [-0.2, -0.15) is 4.89 Å². The van der Waals surface area contributed by atoms with Crippen molar-refractivity contribution >= 4 is 14.0 Å². The van der Waals surface area contributed by atoms with Gasteiger partial charge in [0.05, 0.1) is 17.0 Å². The lowest BCUT2D eigenvalue weighted by Gasteiger charge is -2.23. The number of hydrogen-bond donors (Lipinski definition) is 3. The monoisotopic (exact) mass is 494 g/mol. The summed E-state index contributed by atoms with van der Waals surface area (Å²) < 4.78 is 25.8. The van der Waals surface area contributed by atoms with E-state index in [0.717, 1.165) is 12.5 Å². The smallest absolute Gasteiger partial charge is 0.477 e. The summed E-state index contributed by atoms with van der Waals surface area (Å²) in [5, 5.41) is 17.3. The van der Waals surface area contributed by atoms with E-state index in [1.807, 2.05) is 51.1 Å². The Balaban J connectivity index is 2.44. The molecule has 3 atom stereocenters. The van der Waals surface area contributed by atoms with Crippen molar-refractivity contribution in [3.05, 3.63) is 77.7 Å². The molecule has 2 aromatic carbocycles. The topological polar surface area (TPSA) is 108 Å². The Morgan fingerprint density at radius 1 is 1.06 bits per heavy atom. The van der Waals surface area contributed by atoms with Crippen molar-refractivity contribution in [2.45, 2.75) is 44.4 Å². The largest absolute Gasteiger partial charge is 0.540 e. The molecule has 3 rings (SSSR count). The first-order valence-corrected chi connectivity index (χ1v) is 12.1. The third-order valence-electron chi connectivity index (χ3n) is 5.57. The molecule has 0 spiro atoms. The van der Waals surface area contributed by atoms with Crippen molar-refractivity contribution in [2.75, 3.05) is 0 Å². The van der Waals surface area contributed by atoms with Gasteiger partial charge in [-0.25, -0.2) is 9.18 Å². The van der Waals surface area contributed by atoms with Crippen LogP contribution >= 0.6 is 8.03 Å². The van der Waals surface area contributed by atoms with Gasteiger partial charge in [-0.1, -0.05) is 69.2 Å². The van der Waals surface area contributed by atoms with Crippen LogP contribution in [0, 0.1) is 17.7 Å². The zero-order valence-corrected chi connectivity index (χ0v) is 20.7. The van der Waals surface area contributed by atoms with E-state index < -0.39 is 36.5 Å². The number of halogens is 1. The van der Waals surface area contributed by atoms with Gasteiger partial charge in [0.1, 0.15) is 11.9 Å². The number of rotatable bonds is 5. The Morgan fingerprint density at radius 3 is 2.14 bits per heavy atom. The molecule has 0 saturated heterocycles. The Labute approximate surface area is 204 Å². The molecule has 1 heterocycles. The summed E-state index contributed by atoms with van der Waals surface area (Å²) in [7, 11) is -3.41. The highest BCUT2D eigenvalue weighted by atomic mass is 31.1. The fourth-order valence-corrected chi connectivity index (χ4v) is 4.25. The maximum absolute atomic E-state index is 13.7. The highest BCUT2D eigenvalue weighted by molar-refractivity contribution is 7.42. The third kappa shape index (κ3) is 5.31. The molecule has 1 aromatic heterocycles. The van der Waals surface area contributed by atoms with Crippen LogP contribution in [0.5, 0.6) is 0 Å². The van der Waals surface area contributed by atoms with E-state index in [9.17, 15) is 28.9 Å². The van der Waals surface area contributed by atoms with Gasteiger partial charge >= 0.3 is 19.2 Å². The predicted molar refractivity (Wildman–Crippen MR) is 133 cm³/mol. The maximum Gasteiger partial charge on any atom is 0.540 e. The minimum absolute atomic E-state index is 0.326. The third-order valence-corrected chi connectivity index (χ3v) is 6.85. The van der Waals surface area contributed by atoms with E-state index in [0.29, 0.717) is 28.1 Å². The number of aliphatic carboxylic acids is 1. The van der Waals surface area contributed by atoms with Crippen LogP contribution in [-0.2, 0) is 14.8 Å². The number of carboxylic acids is 1. The minimum atomic E-state index is -3.41. The Morgan fingerprint density at radius 2 is 1.66 bits per heavy atom. The number of aromatic nitrogens is 1. The number of aliphatic hydroxyl groups is 1. The average molecular weight is 494 g/mol. The number of carboxylic acid groups (broad SMARTS) is 1. The Bertz CT molecular complexity index is 1310. The zero-order chi connectivity index (χ0) is 26.0. The van der Waals surface area contributed by atoms with Crippen molar-refractivity contribution in [2.24, 2.45) is 0 Å². The second-order valence-electron chi connectivity index (χ2n) is 9.17. The van der Waals surface area contributed by atoms with Gasteiger partial charge in [0.15, 0.2) is 0 Å². The highest BCUT2D eigenvalue weighted by Crippen LogP contribution is 2.40. The van der Waals surface area contributed by atoms with Crippen LogP contribution in [0.25, 0.3) is 22.4 Å². The Kier molecular flexibility index (Phi) is 7.52. The molecule has 6 nitrogen and oxygen atoms in total. The standard InChI is InChI=1S/C27H25FNO5P/c1-17(30)27(25(31)32,35(33)34)15-14-21-22(18-10-12-20(28)13-11-18)16-23(19-8-6-5-7-9-19)29-24(21)26(2,3)4/h5-13,16-17,30H,1-4H3,(H-,31,32,33,34)/p+1. The second-order valence-corrected chi connectivity index (χ2v) is 10.4. The van der Waals surface area contributed by atoms with Crippen LogP contribution in [0.4, 0.5) is 4.39 Å². The summed E-state index contributed by atoms with van der Waals surface area (Å²) in [6, 6.07) is 16.9. The number of pyridine rings is 1. The summed E-state index contributed by atoms with van der Waals surface area (Å²) in [5.41, 5.74) is 2.90. The predicted octanol–water partition coefficient (Wildman–Crippen LogP) is 5.14. The van der Waals surface area contributed by atoms with Crippen LogP contribution in [0.2, 0.25) is 0 Å². The van der Waals surface area contributed by atoms with E-state index in [1.165, 1.54) is 12.1 Å². The van der Waals surface area contributed by atoms with Gasteiger partial charge < -0.3 is 10.2 Å². The number of hydrogen-bond acceptors (Lipinski definition) is 4. The number of nitrogens with zero attached hydrogens (tertiary/aromatic N) is 1. The molecular formula is C27H26FNO5P+. The summed E-state index contributed by atoms with van der Waals surface area (Å²) in [4.78, 5) is 26.6. The molecule has 0 saturated carbocycles. The van der Waals surface area contributed by atoms with Crippen molar-refractivity contribution in [3.63, 3.8) is 0 Å². The first kappa shape index (κ1) is 26.2. The van der Waals surface area contributed by atoms with Crippen LogP contribution < -0.4 is 0 Å². The SMILES string of the molecule is CC(O)C(C#Cc1c(-c2ccc(F)cc2)cc(-c2ccccc2)nc1C(C)(C)C)(C(=O)O)[P+](=O)O. The molecule has 35 heavy (non-hydrogen) atoms. The number of carbonyl (C=O) groups is 1. The fourth-order valence-electron chi connectivity index (χ4n) is 3.61. The van der Waals surface area contributed by atoms with Gasteiger partial charge in [-0.05, 0) is 41.2 Å². The average Bonchev–Trinajstić information content (AvgIpc) is 2.79. The number of benzene rings is 2. The molecule has 0 radical (unpaired) electrons. The summed E-state index contributed by atoms with van der Waals surface area (Å²) in [5.74, 6) is 3.03. The molecule has 3 aromatic rings. The molecule has 0 aliphatic carbocycles. The van der Waals surface area contributed by atoms with Crippen molar-refractivity contribution < 1.29 is 28.9 Å². The first-order chi connectivity index (χ1) is 16.4. The lowest BCUT2D eigenvalue weighted by molar-refractivity contribution is -0.141. The first-order valence-electron chi connectivity index (χ1n) is 10.9. The lowest BCUT2D eigenvalue weighted by atomic mass is 9.84. The molecular weight excluding hydrogens is 468 g/mol. The van der Waals surface area contributed by atoms with Gasteiger partial charge in [0, 0.05) is 16.5 Å². The minimum Gasteiger partial charge on any atom is -0.477 e. The van der Waals surface area contributed by atoms with E-state index in [-0.39, 0.29) is 0 Å². The molecule has 8 heteroatoms. The van der Waals surface area contributed by atoms with Gasteiger partial charge in [0.25, 0.3) is 0 Å². The van der Waals surface area contributed by atoms with Gasteiger partial charge in [-0.3, -0.25) is 4.98 Å². The van der Waals surface area contributed by atoms with Crippen molar-refractivity contribution in [3.8, 4) is 34.2 Å². The van der Waals surface area contributed by atoms with Crippen LogP contribution in [0.15, 0.2) is 60.7 Å². The highest BCUT2D eigenvalue weighted by Gasteiger charge is 2.60. The molecule has 3 unspecified atom stereocenters. The second kappa shape index (κ2) is 10.1. The van der Waals surface area contributed by atoms with Crippen LogP contribution in [0.3, 0.4) is 0 Å². The van der Waals surface area contributed by atoms with Crippen molar-refractivity contribution in [1.29, 1.82) is 0 Å². The molecule has 0 amide bonds. The van der Waals surface area contributed by atoms with Crippen molar-refractivity contribution in [1.82, 2.24) is 4.98 Å². The van der Waals surface area contributed by atoms with E-state index in [1.54, 1.807) is 18.2 Å². The summed E-state index contributed by atoms with van der Waals surface area (Å²) in [6.07, 6.45) is -1.73. The number of aliphatic hydroxyl groups excluding tert-OH is 1. The molecule has 0 fully saturated rings. The summed E-state index contributed by atoms with van der Waals surface area (Å²) in [6.45, 7) is 6.84. The van der Waals surface area contributed by atoms with E-state index >= 15 is 0 Å². The maximum atomic E-state index is 13.7. The van der Waals surface area contributed by atoms with Crippen LogP contribution in [-0.4, -0.2) is 37.3 Å². The quantitative estimate of drug-likeness (QED) is 0.335. The van der Waals surface area contributed by atoms with Gasteiger partial charge in [-0.15, -0.1) is 0 Å². The Hall–Kier alpha value is -3.43. The van der Waals surface area contributed by atoms with Gasteiger partial charge in [0.2, 0.25) is 0 Å². The molecule has 0 bridgehead atoms. The molecule has 3 N–H and O–H groups in total. The molecule has 180 valence electrons. The normalized spacial score (nSPS) is 14.3. The zero-order valence-electron chi connectivity index (χ0n) is 19.8. The fraction of sp³-hybridized carbons (Fsp3) is 0.259. The summed E-state index contributed by atoms with van der Waals surface area (Å²) >= 11 is 0. The molecule has 0 aliphatic rings. The molecule has 0 aliphatic heterocycles. The van der Waals surface area contributed by atoms with E-state index in [2.05, 4.69) is 11.8 Å². The van der Waals surface area contributed by atoms with Crippen LogP contribution in [0.1, 0.15) is 39.0 Å².